The Labute approximate surface area is 164 Å². The molecule has 10 heteroatoms. The molecule has 0 fully saturated rings. The van der Waals surface area contributed by atoms with Crippen molar-refractivity contribution in [3.63, 3.8) is 0 Å². The van der Waals surface area contributed by atoms with E-state index in [1.807, 2.05) is 0 Å². The van der Waals surface area contributed by atoms with E-state index in [9.17, 15) is 27.5 Å². The van der Waals surface area contributed by atoms with E-state index in [0.717, 1.165) is 0 Å². The highest BCUT2D eigenvalue weighted by Gasteiger charge is 2.24. The molecule has 1 heterocycles. The van der Waals surface area contributed by atoms with Crippen molar-refractivity contribution in [3.05, 3.63) is 79.8 Å². The minimum atomic E-state index is -4.38. The van der Waals surface area contributed by atoms with Crippen LogP contribution in [0.1, 0.15) is 27.2 Å². The quantitative estimate of drug-likeness (QED) is 0.666. The van der Waals surface area contributed by atoms with Gasteiger partial charge in [0.25, 0.3) is 0 Å². The fourth-order valence-corrected chi connectivity index (χ4v) is 4.25. The number of carbonyl (C=O) groups is 1. The van der Waals surface area contributed by atoms with Crippen molar-refractivity contribution in [1.82, 2.24) is 3.97 Å². The number of hydrogen-bond acceptors (Lipinski definition) is 4. The summed E-state index contributed by atoms with van der Waals surface area (Å²) in [6.45, 7) is 1.18. The molecule has 1 aromatic heterocycles. The summed E-state index contributed by atoms with van der Waals surface area (Å²) in [4.78, 5) is 24.2. The van der Waals surface area contributed by atoms with E-state index in [1.165, 1.54) is 43.3 Å². The summed E-state index contributed by atoms with van der Waals surface area (Å²) in [5.41, 5.74) is -1.31. The molecule has 0 radical (unpaired) electrons. The Kier molecular flexibility index (Phi) is 5.00. The smallest absolute Gasteiger partial charge is 0.341 e. The molecule has 7 nitrogen and oxygen atoms in total. The van der Waals surface area contributed by atoms with Crippen molar-refractivity contribution < 1.29 is 22.7 Å². The molecule has 0 amide bonds. The van der Waals surface area contributed by atoms with Crippen LogP contribution in [-0.2, 0) is 16.6 Å². The molecule has 3 rings (SSSR count). The van der Waals surface area contributed by atoms with Crippen LogP contribution in [0.3, 0.4) is 0 Å². The Morgan fingerprint density at radius 3 is 2.54 bits per heavy atom. The first-order valence-corrected chi connectivity index (χ1v) is 9.78. The highest BCUT2D eigenvalue weighted by molar-refractivity contribution is 7.87. The Bertz CT molecular complexity index is 1280. The summed E-state index contributed by atoms with van der Waals surface area (Å²) >= 11 is 6.02. The van der Waals surface area contributed by atoms with E-state index in [2.05, 4.69) is 0 Å². The van der Waals surface area contributed by atoms with Gasteiger partial charge in [0, 0.05) is 22.4 Å². The van der Waals surface area contributed by atoms with Crippen LogP contribution in [0.5, 0.6) is 0 Å². The number of rotatable bonds is 4. The number of halogens is 2. The van der Waals surface area contributed by atoms with Crippen LogP contribution in [0.4, 0.5) is 4.39 Å². The molecule has 0 aliphatic heterocycles. The molecular formula is C18H14ClFN2O5S. The normalized spacial score (nSPS) is 11.7. The van der Waals surface area contributed by atoms with Gasteiger partial charge in [-0.1, -0.05) is 23.7 Å². The van der Waals surface area contributed by atoms with Gasteiger partial charge in [-0.3, -0.25) is 4.79 Å². The molecule has 0 bridgehead atoms. The molecular weight excluding hydrogens is 411 g/mol. The number of carboxylic acids is 1. The van der Waals surface area contributed by atoms with Crippen molar-refractivity contribution >= 4 is 38.7 Å². The standard InChI is InChI=1S/C18H14ClFN2O5S/c1-9-16(18(24)25)17(23)12-8-10(5-6-15(12)22(9)28(21,26)27)7-11-13(19)3-2-4-14(11)20/h2-6,8H,7H2,1H3,(H,24,25)(H2,21,26,27). The minimum Gasteiger partial charge on any atom is -0.477 e. The van der Waals surface area contributed by atoms with Crippen molar-refractivity contribution in [2.45, 2.75) is 13.3 Å². The molecule has 0 unspecified atom stereocenters. The van der Waals surface area contributed by atoms with Crippen molar-refractivity contribution in [3.8, 4) is 0 Å². The lowest BCUT2D eigenvalue weighted by molar-refractivity contribution is 0.0694. The van der Waals surface area contributed by atoms with Gasteiger partial charge in [-0.2, -0.15) is 8.42 Å². The number of aromatic carboxylic acids is 1. The topological polar surface area (TPSA) is 119 Å². The summed E-state index contributed by atoms with van der Waals surface area (Å²) < 4.78 is 38.6. The van der Waals surface area contributed by atoms with Crippen LogP contribution in [0.15, 0.2) is 41.2 Å². The average molecular weight is 425 g/mol. The van der Waals surface area contributed by atoms with Gasteiger partial charge in [0.05, 0.1) is 11.2 Å². The van der Waals surface area contributed by atoms with Gasteiger partial charge < -0.3 is 5.11 Å². The largest absolute Gasteiger partial charge is 0.477 e. The second-order valence-corrected chi connectivity index (χ2v) is 7.93. The first kappa shape index (κ1) is 20.0. The second kappa shape index (κ2) is 7.01. The van der Waals surface area contributed by atoms with E-state index in [-0.39, 0.29) is 33.6 Å². The third kappa shape index (κ3) is 3.39. The molecule has 28 heavy (non-hydrogen) atoms. The predicted octanol–water partition coefficient (Wildman–Crippen LogP) is 2.44. The van der Waals surface area contributed by atoms with Crippen LogP contribution in [0, 0.1) is 12.7 Å². The Balaban J connectivity index is 2.33. The molecule has 3 N–H and O–H groups in total. The predicted molar refractivity (Wildman–Crippen MR) is 103 cm³/mol. The molecule has 0 atom stereocenters. The highest BCUT2D eigenvalue weighted by Crippen LogP contribution is 2.25. The zero-order chi connectivity index (χ0) is 20.8. The average Bonchev–Trinajstić information content (AvgIpc) is 2.57. The van der Waals surface area contributed by atoms with Gasteiger partial charge in [0.1, 0.15) is 11.4 Å². The van der Waals surface area contributed by atoms with Gasteiger partial charge in [-0.25, -0.2) is 18.3 Å². The summed E-state index contributed by atoms with van der Waals surface area (Å²) in [6, 6.07) is 8.33. The SMILES string of the molecule is Cc1c(C(=O)O)c(=O)c2cc(Cc3c(F)cccc3Cl)ccc2n1S(N)(=O)=O. The van der Waals surface area contributed by atoms with Crippen molar-refractivity contribution in [2.75, 3.05) is 0 Å². The van der Waals surface area contributed by atoms with E-state index in [0.29, 0.717) is 9.54 Å². The van der Waals surface area contributed by atoms with E-state index >= 15 is 0 Å². The number of fused-ring (bicyclic) bond motifs is 1. The summed E-state index contributed by atoms with van der Waals surface area (Å²) in [6.07, 6.45) is 0.0204. The third-order valence-electron chi connectivity index (χ3n) is 4.33. The molecule has 0 saturated carbocycles. The van der Waals surface area contributed by atoms with E-state index in [4.69, 9.17) is 16.7 Å². The maximum Gasteiger partial charge on any atom is 0.341 e. The van der Waals surface area contributed by atoms with Gasteiger partial charge >= 0.3 is 16.2 Å². The Hall–Kier alpha value is -2.75. The fourth-order valence-electron chi connectivity index (χ4n) is 3.12. The number of aromatic nitrogens is 1. The molecule has 146 valence electrons. The molecule has 0 spiro atoms. The molecule has 0 aliphatic carbocycles. The maximum atomic E-state index is 14.0. The molecule has 3 aromatic rings. The zero-order valence-electron chi connectivity index (χ0n) is 14.4. The van der Waals surface area contributed by atoms with Gasteiger partial charge in [-0.05, 0) is 36.8 Å². The van der Waals surface area contributed by atoms with Gasteiger partial charge in [0.15, 0.2) is 0 Å². The molecule has 0 saturated heterocycles. The maximum absolute atomic E-state index is 14.0. The van der Waals surface area contributed by atoms with Gasteiger partial charge in [-0.15, -0.1) is 0 Å². The monoisotopic (exact) mass is 424 g/mol. The van der Waals surface area contributed by atoms with E-state index in [1.54, 1.807) is 0 Å². The molecule has 0 aliphatic rings. The van der Waals surface area contributed by atoms with Gasteiger partial charge in [0.2, 0.25) is 5.43 Å². The number of nitrogens with two attached hydrogens (primary N) is 1. The van der Waals surface area contributed by atoms with Crippen LogP contribution >= 0.6 is 11.6 Å². The fraction of sp³-hybridized carbons (Fsp3) is 0.111. The van der Waals surface area contributed by atoms with Crippen LogP contribution in [-0.4, -0.2) is 23.5 Å². The summed E-state index contributed by atoms with van der Waals surface area (Å²) in [7, 11) is -4.38. The Morgan fingerprint density at radius 1 is 1.29 bits per heavy atom. The second-order valence-electron chi connectivity index (χ2n) is 6.13. The number of hydrogen-bond donors (Lipinski definition) is 2. The lowest BCUT2D eigenvalue weighted by Crippen LogP contribution is -2.30. The third-order valence-corrected chi connectivity index (χ3v) is 5.66. The number of benzene rings is 2. The highest BCUT2D eigenvalue weighted by atomic mass is 35.5. The van der Waals surface area contributed by atoms with Crippen molar-refractivity contribution in [1.29, 1.82) is 0 Å². The van der Waals surface area contributed by atoms with Crippen molar-refractivity contribution in [2.24, 2.45) is 5.14 Å². The first-order chi connectivity index (χ1) is 13.0. The number of carboxylic acid groups (broad SMARTS) is 1. The lowest BCUT2D eigenvalue weighted by atomic mass is 10.0. The van der Waals surface area contributed by atoms with Crippen LogP contribution in [0.2, 0.25) is 5.02 Å². The summed E-state index contributed by atoms with van der Waals surface area (Å²) in [5, 5.41) is 14.6. The van der Waals surface area contributed by atoms with Crippen LogP contribution < -0.4 is 10.6 Å². The van der Waals surface area contributed by atoms with Crippen LogP contribution in [0.25, 0.3) is 10.9 Å². The lowest BCUT2D eigenvalue weighted by Gasteiger charge is -2.15. The van der Waals surface area contributed by atoms with E-state index < -0.39 is 33.0 Å². The number of pyridine rings is 1. The Morgan fingerprint density at radius 2 is 1.96 bits per heavy atom. The first-order valence-electron chi connectivity index (χ1n) is 7.90. The summed E-state index contributed by atoms with van der Waals surface area (Å²) in [5.74, 6) is -2.12. The minimum absolute atomic E-state index is 0.0204. The number of nitrogens with zero attached hydrogens (tertiary/aromatic N) is 1. The zero-order valence-corrected chi connectivity index (χ0v) is 16.0. The molecule has 2 aromatic carbocycles.